The Morgan fingerprint density at radius 2 is 1.69 bits per heavy atom. The van der Waals surface area contributed by atoms with Crippen molar-refractivity contribution in [2.45, 2.75) is 45.3 Å². The molecule has 2 rings (SSSR count). The molecule has 0 aromatic rings. The van der Waals surface area contributed by atoms with Crippen LogP contribution in [0.25, 0.3) is 0 Å². The second-order valence-corrected chi connectivity index (χ2v) is 5.87. The fraction of sp³-hybridized carbons (Fsp3) is 1.00. The average molecular weight is 225 g/mol. The van der Waals surface area contributed by atoms with Crippen molar-refractivity contribution in [3.8, 4) is 0 Å². The Morgan fingerprint density at radius 3 is 2.19 bits per heavy atom. The molecule has 3 heteroatoms. The van der Waals surface area contributed by atoms with Gasteiger partial charge in [0.15, 0.2) is 0 Å². The van der Waals surface area contributed by atoms with Gasteiger partial charge in [-0.05, 0) is 34.2 Å². The first-order valence-electron chi connectivity index (χ1n) is 6.76. The lowest BCUT2D eigenvalue weighted by Crippen LogP contribution is -2.50. The largest absolute Gasteiger partial charge is 0.304 e. The zero-order chi connectivity index (χ0) is 11.7. The molecule has 2 aliphatic rings. The van der Waals surface area contributed by atoms with Crippen molar-refractivity contribution in [2.24, 2.45) is 0 Å². The second kappa shape index (κ2) is 5.03. The van der Waals surface area contributed by atoms with E-state index in [1.807, 2.05) is 0 Å². The highest BCUT2D eigenvalue weighted by molar-refractivity contribution is 4.91. The molecule has 0 radical (unpaired) electrons. The summed E-state index contributed by atoms with van der Waals surface area (Å²) in [6.07, 6.45) is 1.36. The van der Waals surface area contributed by atoms with Crippen LogP contribution in [0.15, 0.2) is 0 Å². The van der Waals surface area contributed by atoms with Crippen molar-refractivity contribution in [3.63, 3.8) is 0 Å². The molecule has 0 spiro atoms. The predicted molar refractivity (Wildman–Crippen MR) is 68.8 cm³/mol. The Morgan fingerprint density at radius 1 is 1.06 bits per heavy atom. The van der Waals surface area contributed by atoms with E-state index in [1.165, 1.54) is 39.1 Å². The van der Waals surface area contributed by atoms with Crippen LogP contribution in [-0.2, 0) is 0 Å². The molecule has 2 unspecified atom stereocenters. The Hall–Kier alpha value is -0.120. The van der Waals surface area contributed by atoms with Gasteiger partial charge in [-0.1, -0.05) is 0 Å². The van der Waals surface area contributed by atoms with Gasteiger partial charge in [-0.2, -0.15) is 0 Å². The maximum absolute atomic E-state index is 2.71. The van der Waals surface area contributed by atoms with E-state index in [0.717, 1.165) is 12.1 Å². The van der Waals surface area contributed by atoms with E-state index in [2.05, 4.69) is 42.5 Å². The standard InChI is InChI=1S/C13H27N3/c1-11(2)16-10-13(9-12(16)3)15-7-5-14(4)6-8-15/h11-13H,5-10H2,1-4H3. The zero-order valence-electron chi connectivity index (χ0n) is 11.3. The monoisotopic (exact) mass is 225 g/mol. The van der Waals surface area contributed by atoms with Gasteiger partial charge in [0.1, 0.15) is 0 Å². The van der Waals surface area contributed by atoms with Crippen molar-refractivity contribution in [1.29, 1.82) is 0 Å². The van der Waals surface area contributed by atoms with Crippen LogP contribution < -0.4 is 0 Å². The van der Waals surface area contributed by atoms with Crippen LogP contribution in [0.2, 0.25) is 0 Å². The van der Waals surface area contributed by atoms with Gasteiger partial charge in [-0.25, -0.2) is 0 Å². The van der Waals surface area contributed by atoms with E-state index in [4.69, 9.17) is 0 Å². The summed E-state index contributed by atoms with van der Waals surface area (Å²) in [6, 6.07) is 2.28. The van der Waals surface area contributed by atoms with E-state index < -0.39 is 0 Å². The third-order valence-electron chi connectivity index (χ3n) is 4.32. The molecule has 2 aliphatic heterocycles. The van der Waals surface area contributed by atoms with Crippen molar-refractivity contribution in [3.05, 3.63) is 0 Å². The van der Waals surface area contributed by atoms with E-state index in [9.17, 15) is 0 Å². The van der Waals surface area contributed by atoms with Crippen molar-refractivity contribution in [2.75, 3.05) is 39.8 Å². The number of rotatable bonds is 2. The van der Waals surface area contributed by atoms with Gasteiger partial charge in [0.25, 0.3) is 0 Å². The molecule has 2 atom stereocenters. The molecule has 0 aromatic carbocycles. The van der Waals surface area contributed by atoms with E-state index in [-0.39, 0.29) is 0 Å². The molecular weight excluding hydrogens is 198 g/mol. The molecule has 0 bridgehead atoms. The molecule has 0 aromatic heterocycles. The van der Waals surface area contributed by atoms with Gasteiger partial charge < -0.3 is 4.90 Å². The maximum Gasteiger partial charge on any atom is 0.0239 e. The van der Waals surface area contributed by atoms with Gasteiger partial charge in [-0.3, -0.25) is 9.80 Å². The number of likely N-dealkylation sites (N-methyl/N-ethyl adjacent to an activating group) is 1. The lowest BCUT2D eigenvalue weighted by molar-refractivity contribution is 0.110. The summed E-state index contributed by atoms with van der Waals surface area (Å²) >= 11 is 0. The van der Waals surface area contributed by atoms with E-state index in [1.54, 1.807) is 0 Å². The molecule has 2 heterocycles. The van der Waals surface area contributed by atoms with Gasteiger partial charge in [0.05, 0.1) is 0 Å². The van der Waals surface area contributed by atoms with Crippen LogP contribution in [0.4, 0.5) is 0 Å². The van der Waals surface area contributed by atoms with E-state index in [0.29, 0.717) is 6.04 Å². The Bertz CT molecular complexity index is 221. The van der Waals surface area contributed by atoms with Crippen LogP contribution in [0.5, 0.6) is 0 Å². The maximum atomic E-state index is 2.71. The Kier molecular flexibility index (Phi) is 3.88. The van der Waals surface area contributed by atoms with E-state index >= 15 is 0 Å². The lowest BCUT2D eigenvalue weighted by Gasteiger charge is -2.36. The normalized spacial score (nSPS) is 35.1. The minimum absolute atomic E-state index is 0.701. The first-order valence-corrected chi connectivity index (χ1v) is 6.76. The van der Waals surface area contributed by atoms with Gasteiger partial charge in [-0.15, -0.1) is 0 Å². The van der Waals surface area contributed by atoms with Gasteiger partial charge in [0, 0.05) is 50.8 Å². The molecule has 0 amide bonds. The van der Waals surface area contributed by atoms with Crippen LogP contribution in [-0.4, -0.2) is 72.6 Å². The summed E-state index contributed by atoms with van der Waals surface area (Å²) in [7, 11) is 2.23. The second-order valence-electron chi connectivity index (χ2n) is 5.87. The summed E-state index contributed by atoms with van der Waals surface area (Å²) in [4.78, 5) is 7.80. The Labute approximate surface area is 100 Å². The molecule has 16 heavy (non-hydrogen) atoms. The summed E-state index contributed by atoms with van der Waals surface area (Å²) in [5.74, 6) is 0. The van der Waals surface area contributed by atoms with Crippen LogP contribution in [0.1, 0.15) is 27.2 Å². The summed E-state index contributed by atoms with van der Waals surface area (Å²) < 4.78 is 0. The highest BCUT2D eigenvalue weighted by Gasteiger charge is 2.34. The van der Waals surface area contributed by atoms with Gasteiger partial charge in [0.2, 0.25) is 0 Å². The smallest absolute Gasteiger partial charge is 0.0239 e. The predicted octanol–water partition coefficient (Wildman–Crippen LogP) is 1.10. The zero-order valence-corrected chi connectivity index (χ0v) is 11.3. The van der Waals surface area contributed by atoms with Crippen molar-refractivity contribution in [1.82, 2.24) is 14.7 Å². The first-order chi connectivity index (χ1) is 7.58. The van der Waals surface area contributed by atoms with Crippen molar-refractivity contribution >= 4 is 0 Å². The summed E-state index contributed by atoms with van der Waals surface area (Å²) in [6.45, 7) is 13.3. The molecular formula is C13H27N3. The fourth-order valence-corrected chi connectivity index (χ4v) is 3.20. The quantitative estimate of drug-likeness (QED) is 0.697. The first kappa shape index (κ1) is 12.3. The number of piperazine rings is 1. The number of hydrogen-bond acceptors (Lipinski definition) is 3. The number of nitrogens with zero attached hydrogens (tertiary/aromatic N) is 3. The Balaban J connectivity index is 1.88. The summed E-state index contributed by atoms with van der Waals surface area (Å²) in [5.41, 5.74) is 0. The fourth-order valence-electron chi connectivity index (χ4n) is 3.20. The van der Waals surface area contributed by atoms with Crippen molar-refractivity contribution < 1.29 is 0 Å². The molecule has 3 nitrogen and oxygen atoms in total. The number of hydrogen-bond donors (Lipinski definition) is 0. The molecule has 2 fully saturated rings. The third kappa shape index (κ3) is 2.58. The SMILES string of the molecule is CC(C)N1CC(N2CCN(C)CC2)CC1C. The summed E-state index contributed by atoms with van der Waals surface area (Å²) in [5, 5.41) is 0. The van der Waals surface area contributed by atoms with Crippen LogP contribution in [0, 0.1) is 0 Å². The highest BCUT2D eigenvalue weighted by Crippen LogP contribution is 2.24. The molecule has 0 saturated carbocycles. The average Bonchev–Trinajstić information content (AvgIpc) is 2.61. The molecule has 94 valence electrons. The van der Waals surface area contributed by atoms with Crippen LogP contribution in [0.3, 0.4) is 0 Å². The minimum Gasteiger partial charge on any atom is -0.304 e. The molecule has 0 aliphatic carbocycles. The number of likely N-dealkylation sites (tertiary alicyclic amines) is 1. The minimum atomic E-state index is 0.701. The highest BCUT2D eigenvalue weighted by atomic mass is 15.3. The molecule has 0 N–H and O–H groups in total. The van der Waals surface area contributed by atoms with Gasteiger partial charge >= 0.3 is 0 Å². The molecule has 2 saturated heterocycles. The lowest BCUT2D eigenvalue weighted by atomic mass is 10.1. The third-order valence-corrected chi connectivity index (χ3v) is 4.32. The van der Waals surface area contributed by atoms with Crippen LogP contribution >= 0.6 is 0 Å². The topological polar surface area (TPSA) is 9.72 Å².